The summed E-state index contributed by atoms with van der Waals surface area (Å²) in [7, 11) is 1.16. The van der Waals surface area contributed by atoms with Crippen molar-refractivity contribution < 1.29 is 14.3 Å². The number of hydrogen-bond acceptors (Lipinski definition) is 7. The quantitative estimate of drug-likeness (QED) is 0.378. The number of anilines is 2. The number of carbonyl (C=O) groups is 2. The Hall–Kier alpha value is -2.45. The van der Waals surface area contributed by atoms with E-state index < -0.39 is 17.6 Å². The first-order valence-corrected chi connectivity index (χ1v) is 7.24. The standard InChI is InChI=1S/C13H11ClN4O3S/c1-21-12(20)10(11(19)16-13-15-6-7-22-13)18-17-9-4-2-8(14)3-5-9/h2-7,17H,1H3,(H,15,16,19)/b18-10-. The van der Waals surface area contributed by atoms with Crippen LogP contribution in [0, 0.1) is 0 Å². The van der Waals surface area contributed by atoms with Gasteiger partial charge in [0.05, 0.1) is 12.8 Å². The van der Waals surface area contributed by atoms with Crippen LogP contribution in [-0.4, -0.2) is 29.7 Å². The van der Waals surface area contributed by atoms with Crippen LogP contribution in [0.3, 0.4) is 0 Å². The van der Waals surface area contributed by atoms with Gasteiger partial charge in [-0.1, -0.05) is 11.6 Å². The summed E-state index contributed by atoms with van der Waals surface area (Å²) in [6.07, 6.45) is 1.53. The predicted octanol–water partition coefficient (Wildman–Crippen LogP) is 2.38. The Balaban J connectivity index is 2.14. The lowest BCUT2D eigenvalue weighted by atomic mass is 10.3. The molecular formula is C13H11ClN4O3S. The lowest BCUT2D eigenvalue weighted by Gasteiger charge is -2.05. The first-order valence-electron chi connectivity index (χ1n) is 5.98. The number of hydrazone groups is 1. The van der Waals surface area contributed by atoms with Crippen molar-refractivity contribution >= 4 is 51.3 Å². The number of amides is 1. The largest absolute Gasteiger partial charge is 0.464 e. The van der Waals surface area contributed by atoms with Gasteiger partial charge >= 0.3 is 5.97 Å². The third-order valence-electron chi connectivity index (χ3n) is 2.39. The number of halogens is 1. The van der Waals surface area contributed by atoms with Crippen molar-refractivity contribution in [3.8, 4) is 0 Å². The van der Waals surface area contributed by atoms with E-state index in [1.807, 2.05) is 0 Å². The maximum absolute atomic E-state index is 12.0. The van der Waals surface area contributed by atoms with Gasteiger partial charge in [-0.15, -0.1) is 11.3 Å². The molecule has 0 fully saturated rings. The van der Waals surface area contributed by atoms with E-state index in [9.17, 15) is 9.59 Å². The molecule has 0 saturated carbocycles. The Morgan fingerprint density at radius 1 is 1.32 bits per heavy atom. The minimum absolute atomic E-state index is 0.355. The van der Waals surface area contributed by atoms with Crippen LogP contribution in [0.25, 0.3) is 0 Å². The van der Waals surface area contributed by atoms with Gasteiger partial charge < -0.3 is 4.74 Å². The number of methoxy groups -OCH3 is 1. The van der Waals surface area contributed by atoms with Crippen LogP contribution in [0.1, 0.15) is 0 Å². The van der Waals surface area contributed by atoms with Gasteiger partial charge in [0.2, 0.25) is 5.71 Å². The first-order chi connectivity index (χ1) is 10.6. The average Bonchev–Trinajstić information content (AvgIpc) is 3.02. The van der Waals surface area contributed by atoms with E-state index >= 15 is 0 Å². The van der Waals surface area contributed by atoms with Crippen LogP contribution in [0.5, 0.6) is 0 Å². The highest BCUT2D eigenvalue weighted by Gasteiger charge is 2.22. The Kier molecular flexibility index (Phi) is 5.45. The number of carbonyl (C=O) groups excluding carboxylic acids is 2. The van der Waals surface area contributed by atoms with Gasteiger partial charge in [0.15, 0.2) is 5.13 Å². The van der Waals surface area contributed by atoms with Crippen LogP contribution < -0.4 is 10.7 Å². The molecule has 0 aliphatic carbocycles. The second kappa shape index (κ2) is 7.53. The molecule has 0 atom stereocenters. The van der Waals surface area contributed by atoms with Crippen molar-refractivity contribution in [1.82, 2.24) is 4.98 Å². The van der Waals surface area contributed by atoms with Gasteiger partial charge in [-0.25, -0.2) is 9.78 Å². The Labute approximate surface area is 135 Å². The molecule has 0 unspecified atom stereocenters. The minimum atomic E-state index is -0.865. The zero-order valence-electron chi connectivity index (χ0n) is 11.4. The van der Waals surface area contributed by atoms with Crippen molar-refractivity contribution in [2.24, 2.45) is 5.10 Å². The first kappa shape index (κ1) is 15.9. The average molecular weight is 339 g/mol. The number of aromatic nitrogens is 1. The highest BCUT2D eigenvalue weighted by molar-refractivity contribution is 7.13. The third-order valence-corrected chi connectivity index (χ3v) is 3.33. The summed E-state index contributed by atoms with van der Waals surface area (Å²) >= 11 is 6.99. The summed E-state index contributed by atoms with van der Waals surface area (Å²) in [6.45, 7) is 0. The summed E-state index contributed by atoms with van der Waals surface area (Å²) in [5.74, 6) is -1.58. The smallest absolute Gasteiger partial charge is 0.364 e. The summed E-state index contributed by atoms with van der Waals surface area (Å²) in [6, 6.07) is 6.60. The monoisotopic (exact) mass is 338 g/mol. The predicted molar refractivity (Wildman–Crippen MR) is 85.3 cm³/mol. The van der Waals surface area contributed by atoms with E-state index in [0.29, 0.717) is 15.8 Å². The number of benzene rings is 1. The number of thiazole rings is 1. The molecule has 7 nitrogen and oxygen atoms in total. The molecule has 1 aromatic carbocycles. The molecule has 0 aliphatic heterocycles. The van der Waals surface area contributed by atoms with Gasteiger partial charge in [0.1, 0.15) is 0 Å². The molecule has 9 heteroatoms. The number of nitrogens with zero attached hydrogens (tertiary/aromatic N) is 2. The summed E-state index contributed by atoms with van der Waals surface area (Å²) in [5, 5.41) is 8.85. The number of esters is 1. The van der Waals surface area contributed by atoms with Crippen molar-refractivity contribution in [2.45, 2.75) is 0 Å². The fourth-order valence-corrected chi connectivity index (χ4v) is 2.02. The Bertz CT molecular complexity index is 686. The van der Waals surface area contributed by atoms with Crippen molar-refractivity contribution in [3.05, 3.63) is 40.9 Å². The van der Waals surface area contributed by atoms with Crippen molar-refractivity contribution in [1.29, 1.82) is 0 Å². The van der Waals surface area contributed by atoms with Crippen molar-refractivity contribution in [3.63, 3.8) is 0 Å². The molecule has 1 amide bonds. The molecule has 1 heterocycles. The zero-order valence-corrected chi connectivity index (χ0v) is 12.9. The molecule has 22 heavy (non-hydrogen) atoms. The van der Waals surface area contributed by atoms with Crippen LogP contribution >= 0.6 is 22.9 Å². The van der Waals surface area contributed by atoms with E-state index in [-0.39, 0.29) is 0 Å². The van der Waals surface area contributed by atoms with Gasteiger partial charge in [-0.3, -0.25) is 15.5 Å². The van der Waals surface area contributed by atoms with E-state index in [2.05, 4.69) is 25.6 Å². The zero-order chi connectivity index (χ0) is 15.9. The highest BCUT2D eigenvalue weighted by atomic mass is 35.5. The number of ether oxygens (including phenoxy) is 1. The molecular weight excluding hydrogens is 328 g/mol. The van der Waals surface area contributed by atoms with E-state index in [1.165, 1.54) is 17.5 Å². The Morgan fingerprint density at radius 2 is 2.05 bits per heavy atom. The fourth-order valence-electron chi connectivity index (χ4n) is 1.37. The second-order valence-electron chi connectivity index (χ2n) is 3.86. The Morgan fingerprint density at radius 3 is 2.64 bits per heavy atom. The number of rotatable bonds is 5. The molecule has 0 aliphatic rings. The molecule has 2 aromatic rings. The van der Waals surface area contributed by atoms with E-state index in [4.69, 9.17) is 11.6 Å². The summed E-state index contributed by atoms with van der Waals surface area (Å²) in [5.41, 5.74) is 2.74. The molecule has 0 spiro atoms. The molecule has 2 N–H and O–H groups in total. The van der Waals surface area contributed by atoms with E-state index in [0.717, 1.165) is 7.11 Å². The fraction of sp³-hybridized carbons (Fsp3) is 0.0769. The lowest BCUT2D eigenvalue weighted by Crippen LogP contribution is -2.31. The summed E-state index contributed by atoms with van der Waals surface area (Å²) < 4.78 is 4.55. The normalized spacial score (nSPS) is 10.9. The van der Waals surface area contributed by atoms with Crippen LogP contribution in [-0.2, 0) is 14.3 Å². The van der Waals surface area contributed by atoms with Crippen LogP contribution in [0.4, 0.5) is 10.8 Å². The summed E-state index contributed by atoms with van der Waals surface area (Å²) in [4.78, 5) is 27.6. The number of hydrogen-bond donors (Lipinski definition) is 2. The third kappa shape index (κ3) is 4.27. The second-order valence-corrected chi connectivity index (χ2v) is 5.19. The van der Waals surface area contributed by atoms with Gasteiger partial charge in [0, 0.05) is 16.6 Å². The van der Waals surface area contributed by atoms with Gasteiger partial charge in [-0.2, -0.15) is 5.10 Å². The molecule has 0 saturated heterocycles. The highest BCUT2D eigenvalue weighted by Crippen LogP contribution is 2.14. The molecule has 0 bridgehead atoms. The maximum Gasteiger partial charge on any atom is 0.364 e. The van der Waals surface area contributed by atoms with E-state index in [1.54, 1.807) is 29.6 Å². The SMILES string of the molecule is COC(=O)/C(=N\Nc1ccc(Cl)cc1)C(=O)Nc1nccs1. The maximum atomic E-state index is 12.0. The molecule has 1 aromatic heterocycles. The topological polar surface area (TPSA) is 92.7 Å². The lowest BCUT2D eigenvalue weighted by molar-refractivity contribution is -0.133. The van der Waals surface area contributed by atoms with Crippen LogP contribution in [0.2, 0.25) is 5.02 Å². The number of nitrogens with one attached hydrogen (secondary N) is 2. The van der Waals surface area contributed by atoms with Gasteiger partial charge in [0.25, 0.3) is 5.91 Å². The van der Waals surface area contributed by atoms with Crippen LogP contribution in [0.15, 0.2) is 40.9 Å². The van der Waals surface area contributed by atoms with Gasteiger partial charge in [-0.05, 0) is 24.3 Å². The minimum Gasteiger partial charge on any atom is -0.464 e. The molecule has 0 radical (unpaired) electrons. The molecule has 2 rings (SSSR count). The molecule has 114 valence electrons. The van der Waals surface area contributed by atoms with Crippen molar-refractivity contribution in [2.75, 3.05) is 17.9 Å².